The summed E-state index contributed by atoms with van der Waals surface area (Å²) in [5, 5.41) is 26.3. The average molecular weight is 1330 g/mol. The van der Waals surface area contributed by atoms with Crippen molar-refractivity contribution in [2.75, 3.05) is 81.6 Å². The molecule has 14 atom stereocenters. The van der Waals surface area contributed by atoms with Crippen LogP contribution >= 0.6 is 0 Å². The molecule has 2 rings (SSSR count). The predicted octanol–water partition coefficient (Wildman–Crippen LogP) is 3.32. The monoisotopic (exact) mass is 1330 g/mol. The van der Waals surface area contributed by atoms with Gasteiger partial charge in [-0.1, -0.05) is 109 Å². The molecule has 0 aliphatic carbocycles. The van der Waals surface area contributed by atoms with Gasteiger partial charge in [0.2, 0.25) is 65.0 Å². The zero-order valence-electron chi connectivity index (χ0n) is 61.8. The van der Waals surface area contributed by atoms with Gasteiger partial charge in [-0.15, -0.1) is 0 Å². The maximum atomic E-state index is 15.3. The molecule has 538 valence electrons. The number of carbonyl (C=O) groups is 11. The number of carbonyl (C=O) groups excluding carboxylic acids is 11. The fourth-order valence-electron chi connectivity index (χ4n) is 12.4. The maximum absolute atomic E-state index is 15.3. The summed E-state index contributed by atoms with van der Waals surface area (Å²) >= 11 is 0. The second-order valence-electron chi connectivity index (χ2n) is 28.8. The quantitative estimate of drug-likeness (QED) is 0.101. The van der Waals surface area contributed by atoms with Gasteiger partial charge < -0.3 is 70.9 Å². The second-order valence-corrected chi connectivity index (χ2v) is 28.8. The summed E-state index contributed by atoms with van der Waals surface area (Å²) in [7, 11) is 8.57. The molecule has 2 fully saturated rings. The van der Waals surface area contributed by atoms with E-state index in [1.54, 1.807) is 47.6 Å². The maximum Gasteiger partial charge on any atom is 0.246 e. The lowest BCUT2D eigenvalue weighted by molar-refractivity contribution is -0.157. The Morgan fingerprint density at radius 1 is 0.468 bits per heavy atom. The summed E-state index contributed by atoms with van der Waals surface area (Å²) in [5.41, 5.74) is 0. The van der Waals surface area contributed by atoms with E-state index in [0.29, 0.717) is 19.3 Å². The van der Waals surface area contributed by atoms with Crippen molar-refractivity contribution in [2.45, 2.75) is 242 Å². The fourth-order valence-corrected chi connectivity index (χ4v) is 12.4. The minimum absolute atomic E-state index is 0.0105. The van der Waals surface area contributed by atoms with Crippen LogP contribution in [0.3, 0.4) is 0 Å². The van der Waals surface area contributed by atoms with Gasteiger partial charge in [-0.2, -0.15) is 0 Å². The number of allylic oxidation sites excluding steroid dienone is 2. The minimum Gasteiger partial charge on any atom is -0.390 e. The molecule has 94 heavy (non-hydrogen) atoms. The van der Waals surface area contributed by atoms with Gasteiger partial charge in [0.1, 0.15) is 66.5 Å². The van der Waals surface area contributed by atoms with Crippen molar-refractivity contribution in [1.29, 1.82) is 0 Å². The summed E-state index contributed by atoms with van der Waals surface area (Å²) in [6, 6.07) is -13.8. The lowest BCUT2D eigenvalue weighted by atomic mass is 9.91. The Bertz CT molecular complexity index is 2560. The van der Waals surface area contributed by atoms with Crippen LogP contribution in [0.5, 0.6) is 0 Å². The number of amides is 11. The molecule has 25 nitrogen and oxygen atoms in total. The number of nitrogens with zero attached hydrogens (tertiary/aromatic N) is 8. The van der Waals surface area contributed by atoms with Gasteiger partial charge in [0.25, 0.3) is 0 Å². The highest BCUT2D eigenvalue weighted by atomic mass is 16.3. The first-order valence-corrected chi connectivity index (χ1v) is 34.6. The number of piperazine rings is 1. The normalized spacial score (nSPS) is 27.9. The Balaban J connectivity index is 2.99. The number of rotatable bonds is 19. The van der Waals surface area contributed by atoms with Crippen LogP contribution in [-0.2, 0) is 52.7 Å². The zero-order chi connectivity index (χ0) is 72.1. The molecular weight excluding hydrogens is 1200 g/mol. The predicted molar refractivity (Wildman–Crippen MR) is 366 cm³/mol. The molecule has 0 aromatic carbocycles. The van der Waals surface area contributed by atoms with Gasteiger partial charge in [0.15, 0.2) is 0 Å². The van der Waals surface area contributed by atoms with Gasteiger partial charge >= 0.3 is 0 Å². The van der Waals surface area contributed by atoms with Crippen LogP contribution in [0.1, 0.15) is 170 Å². The van der Waals surface area contributed by atoms with E-state index in [0.717, 1.165) is 49.1 Å². The molecular formula is C69H125N13O12. The highest BCUT2D eigenvalue weighted by Crippen LogP contribution is 2.26. The van der Waals surface area contributed by atoms with Crippen LogP contribution < -0.4 is 26.6 Å². The van der Waals surface area contributed by atoms with Crippen molar-refractivity contribution in [3.05, 3.63) is 12.2 Å². The van der Waals surface area contributed by atoms with Crippen molar-refractivity contribution in [1.82, 2.24) is 65.8 Å². The molecule has 0 aromatic heterocycles. The molecule has 2 aliphatic rings. The van der Waals surface area contributed by atoms with E-state index in [2.05, 4.69) is 43.3 Å². The first-order chi connectivity index (χ1) is 43.7. The Morgan fingerprint density at radius 2 is 0.936 bits per heavy atom. The van der Waals surface area contributed by atoms with E-state index in [4.69, 9.17) is 0 Å². The molecule has 0 bridgehead atoms. The summed E-state index contributed by atoms with van der Waals surface area (Å²) in [4.78, 5) is 175. The topological polar surface area (TPSA) is 294 Å². The number of aliphatic hydroxyl groups is 1. The van der Waals surface area contributed by atoms with Crippen molar-refractivity contribution in [2.24, 2.45) is 41.4 Å². The smallest absolute Gasteiger partial charge is 0.246 e. The number of likely N-dealkylation sites (N-methyl/N-ethyl adjacent to an activating group) is 7. The molecule has 0 unspecified atom stereocenters. The van der Waals surface area contributed by atoms with Gasteiger partial charge in [-0.25, -0.2) is 0 Å². The standard InChI is InChI=1S/C69H125N13O12/c1-25-28-30-46(15)58(83)57-63(88)72-50(26-2)65(90)75(19)49(18)60(85)74-55(45(14)31-29-32-82-35-33-81(27-3)34-36-82)62(87)73-54(43(10)11)68(93)76(20)51(37-40(4)5)61(86)70-47(16)59(84)71-48(17)64(89)77(21)52(38-41(6)7)66(91)78(22)53(39-42(8)9)67(92)79(23)56(44(12)13)69(94)80(57)24/h25,28,40-58,83H,26-27,29-39H2,1-24H3,(H,70,86)(H,71,84)(H,72,88)(H,73,87)(H,74,85)/b28-25+/t45-,46-,47+,48-,49-,50+,51+,52+,53+,54+,55+,56+,57+,58-/m1/s1. The number of aliphatic hydroxyl groups excluding tert-OH is 1. The molecule has 6 N–H and O–H groups in total. The summed E-state index contributed by atoms with van der Waals surface area (Å²) < 4.78 is 0. The largest absolute Gasteiger partial charge is 0.390 e. The second kappa shape index (κ2) is 39.1. The van der Waals surface area contributed by atoms with E-state index >= 15 is 19.2 Å². The summed E-state index contributed by atoms with van der Waals surface area (Å²) in [6.45, 7) is 37.1. The molecule has 2 aliphatic heterocycles. The Labute approximate surface area is 563 Å². The van der Waals surface area contributed by atoms with Crippen LogP contribution in [0, 0.1) is 41.4 Å². The highest BCUT2D eigenvalue weighted by Gasteiger charge is 2.46. The first-order valence-electron chi connectivity index (χ1n) is 34.6. The third-order valence-electron chi connectivity index (χ3n) is 19.0. The van der Waals surface area contributed by atoms with E-state index in [1.807, 2.05) is 61.5 Å². The van der Waals surface area contributed by atoms with Gasteiger partial charge in [-0.3, -0.25) is 52.7 Å². The molecule has 2 heterocycles. The van der Waals surface area contributed by atoms with Gasteiger partial charge in [0, 0.05) is 68.5 Å². The van der Waals surface area contributed by atoms with Crippen LogP contribution in [0.25, 0.3) is 0 Å². The number of hydrogen-bond acceptors (Lipinski definition) is 14. The van der Waals surface area contributed by atoms with Crippen LogP contribution in [0.2, 0.25) is 0 Å². The molecule has 25 heteroatoms. The van der Waals surface area contributed by atoms with Gasteiger partial charge in [-0.05, 0) is 127 Å². The zero-order valence-corrected chi connectivity index (χ0v) is 61.8. The summed E-state index contributed by atoms with van der Waals surface area (Å²) in [6.07, 6.45) is 4.03. The first kappa shape index (κ1) is 83.9. The Kier molecular flexibility index (Phi) is 34.9. The third kappa shape index (κ3) is 23.6. The van der Waals surface area contributed by atoms with Crippen LogP contribution in [0.4, 0.5) is 0 Å². The SMILES string of the molecule is C/C=C/C[C@@H](C)[C@@H](O)[C@H]1C(=O)N[C@@H](CC)C(=O)N(C)[C@H](C)C(=O)N[C@@H]([C@H](C)CCCN2CCN(CC)CC2)C(=O)N[C@@H](C(C)C)C(=O)N(C)[C@@H](CC(C)C)C(=O)N[C@@H](C)C(=O)N[C@H](C)C(=O)N(C)[C@@H](CC(C)C)C(=O)N(C)[C@@H](CC(C)C)C(=O)N(C)[C@@H](C(C)C)C(=O)N1C. The lowest BCUT2D eigenvalue weighted by Gasteiger charge is -2.41. The lowest BCUT2D eigenvalue weighted by Crippen LogP contribution is -2.64. The summed E-state index contributed by atoms with van der Waals surface area (Å²) in [5.74, 6) is -10.2. The van der Waals surface area contributed by atoms with E-state index in [9.17, 15) is 38.7 Å². The van der Waals surface area contributed by atoms with Gasteiger partial charge in [0.05, 0.1) is 6.10 Å². The third-order valence-corrected chi connectivity index (χ3v) is 19.0. The van der Waals surface area contributed by atoms with Crippen molar-refractivity contribution in [3.8, 4) is 0 Å². The molecule has 0 aromatic rings. The van der Waals surface area contributed by atoms with Crippen LogP contribution in [-0.4, -0.2) is 263 Å². The fraction of sp³-hybridized carbons (Fsp3) is 0.812. The average Bonchev–Trinajstić information content (AvgIpc) is 0.807. The van der Waals surface area contributed by atoms with E-state index in [1.165, 1.54) is 82.7 Å². The highest BCUT2D eigenvalue weighted by molar-refractivity contribution is 6.00. The molecule has 11 amide bonds. The Morgan fingerprint density at radius 3 is 1.43 bits per heavy atom. The van der Waals surface area contributed by atoms with Crippen molar-refractivity contribution >= 4 is 65.0 Å². The van der Waals surface area contributed by atoms with E-state index in [-0.39, 0.29) is 43.4 Å². The molecule has 0 radical (unpaired) electrons. The van der Waals surface area contributed by atoms with E-state index < -0.39 is 161 Å². The molecule has 0 saturated carbocycles. The minimum atomic E-state index is -1.62. The van der Waals surface area contributed by atoms with Crippen molar-refractivity contribution in [3.63, 3.8) is 0 Å². The Hall–Kier alpha value is -6.21. The van der Waals surface area contributed by atoms with Crippen LogP contribution in [0.15, 0.2) is 12.2 Å². The molecule has 0 spiro atoms. The number of nitrogens with one attached hydrogen (secondary N) is 5. The number of hydrogen-bond donors (Lipinski definition) is 6. The molecule has 2 saturated heterocycles. The van der Waals surface area contributed by atoms with Crippen molar-refractivity contribution < 1.29 is 57.8 Å².